The number of hydrogen-bond acceptors (Lipinski definition) is 5. The van der Waals surface area contributed by atoms with Gasteiger partial charge in [0.05, 0.1) is 12.3 Å². The number of methoxy groups -OCH3 is 1. The second-order valence-corrected chi connectivity index (χ2v) is 4.68. The van der Waals surface area contributed by atoms with Crippen LogP contribution in [0.1, 0.15) is 6.92 Å². The van der Waals surface area contributed by atoms with E-state index in [9.17, 15) is 14.7 Å². The van der Waals surface area contributed by atoms with E-state index in [4.69, 9.17) is 9.47 Å². The van der Waals surface area contributed by atoms with E-state index in [1.54, 1.807) is 20.1 Å². The molecule has 7 nitrogen and oxygen atoms in total. The summed E-state index contributed by atoms with van der Waals surface area (Å²) in [4.78, 5) is 25.4. The van der Waals surface area contributed by atoms with Gasteiger partial charge in [0.25, 0.3) is 5.91 Å². The van der Waals surface area contributed by atoms with Gasteiger partial charge in [-0.15, -0.1) is 0 Å². The summed E-state index contributed by atoms with van der Waals surface area (Å²) in [6.45, 7) is 2.29. The molecule has 0 aliphatic carbocycles. The van der Waals surface area contributed by atoms with Gasteiger partial charge in [-0.05, 0) is 19.1 Å². The Morgan fingerprint density at radius 1 is 1.52 bits per heavy atom. The van der Waals surface area contributed by atoms with Crippen LogP contribution in [-0.4, -0.2) is 49.8 Å². The Morgan fingerprint density at radius 3 is 3.00 bits per heavy atom. The molecule has 1 aromatic carbocycles. The van der Waals surface area contributed by atoms with Gasteiger partial charge in [0.15, 0.2) is 6.10 Å². The number of aromatic hydroxyl groups is 1. The van der Waals surface area contributed by atoms with Crippen LogP contribution in [-0.2, 0) is 14.3 Å². The number of phenols is 1. The minimum Gasteiger partial charge on any atom is -0.508 e. The highest BCUT2D eigenvalue weighted by Crippen LogP contribution is 2.36. The highest BCUT2D eigenvalue weighted by atomic mass is 16.5. The van der Waals surface area contributed by atoms with Crippen LogP contribution in [0, 0.1) is 0 Å². The normalized spacial score (nSPS) is 17.1. The second kappa shape index (κ2) is 6.45. The summed E-state index contributed by atoms with van der Waals surface area (Å²) in [5.74, 6) is -0.157. The molecule has 1 aromatic rings. The average Bonchev–Trinajstić information content (AvgIpc) is 2.44. The number of carbonyl (C=O) groups is 2. The SMILES string of the molecule is COCCNC(=O)CN1C(=O)C(C)Oc2cc(O)ccc21. The average molecular weight is 294 g/mol. The van der Waals surface area contributed by atoms with Gasteiger partial charge in [0.2, 0.25) is 5.91 Å². The third-order valence-electron chi connectivity index (χ3n) is 3.08. The zero-order valence-corrected chi connectivity index (χ0v) is 12.0. The number of ether oxygens (including phenoxy) is 2. The van der Waals surface area contributed by atoms with Crippen LogP contribution in [0.4, 0.5) is 5.69 Å². The van der Waals surface area contributed by atoms with Crippen LogP contribution in [0.2, 0.25) is 0 Å². The molecule has 1 heterocycles. The van der Waals surface area contributed by atoms with E-state index in [0.29, 0.717) is 24.6 Å². The molecule has 1 aliphatic heterocycles. The van der Waals surface area contributed by atoms with E-state index >= 15 is 0 Å². The Bertz CT molecular complexity index is 546. The lowest BCUT2D eigenvalue weighted by atomic mass is 10.2. The van der Waals surface area contributed by atoms with Crippen molar-refractivity contribution in [1.29, 1.82) is 0 Å². The molecule has 7 heteroatoms. The molecule has 114 valence electrons. The van der Waals surface area contributed by atoms with Crippen molar-refractivity contribution in [3.8, 4) is 11.5 Å². The van der Waals surface area contributed by atoms with E-state index in [-0.39, 0.29) is 24.1 Å². The molecule has 1 aliphatic rings. The molecule has 0 saturated carbocycles. The van der Waals surface area contributed by atoms with Crippen LogP contribution < -0.4 is 15.0 Å². The van der Waals surface area contributed by atoms with Gasteiger partial charge in [0, 0.05) is 19.7 Å². The van der Waals surface area contributed by atoms with Crippen molar-refractivity contribution in [2.75, 3.05) is 31.7 Å². The maximum absolute atomic E-state index is 12.2. The molecule has 0 fully saturated rings. The van der Waals surface area contributed by atoms with E-state index in [2.05, 4.69) is 5.32 Å². The summed E-state index contributed by atoms with van der Waals surface area (Å²) in [6, 6.07) is 4.42. The number of amides is 2. The number of fused-ring (bicyclic) bond motifs is 1. The first-order valence-electron chi connectivity index (χ1n) is 6.59. The van der Waals surface area contributed by atoms with Crippen molar-refractivity contribution in [3.05, 3.63) is 18.2 Å². The van der Waals surface area contributed by atoms with Crippen LogP contribution in [0.5, 0.6) is 11.5 Å². The Morgan fingerprint density at radius 2 is 2.29 bits per heavy atom. The highest BCUT2D eigenvalue weighted by molar-refractivity contribution is 6.03. The number of carbonyl (C=O) groups excluding carboxylic acids is 2. The van der Waals surface area contributed by atoms with Gasteiger partial charge in [-0.2, -0.15) is 0 Å². The molecule has 0 radical (unpaired) electrons. The van der Waals surface area contributed by atoms with Crippen molar-refractivity contribution >= 4 is 17.5 Å². The van der Waals surface area contributed by atoms with Crippen LogP contribution >= 0.6 is 0 Å². The molecule has 2 rings (SSSR count). The summed E-state index contributed by atoms with van der Waals surface area (Å²) in [5.41, 5.74) is 0.470. The summed E-state index contributed by atoms with van der Waals surface area (Å²) in [5, 5.41) is 12.1. The van der Waals surface area contributed by atoms with Crippen LogP contribution in [0.25, 0.3) is 0 Å². The van der Waals surface area contributed by atoms with E-state index in [1.807, 2.05) is 0 Å². The minimum absolute atomic E-state index is 0.0415. The van der Waals surface area contributed by atoms with Gasteiger partial charge in [-0.1, -0.05) is 0 Å². The molecule has 2 N–H and O–H groups in total. The maximum Gasteiger partial charge on any atom is 0.268 e. The van der Waals surface area contributed by atoms with Crippen LogP contribution in [0.3, 0.4) is 0 Å². The zero-order chi connectivity index (χ0) is 15.4. The molecule has 1 atom stereocenters. The minimum atomic E-state index is -0.703. The molecule has 1 unspecified atom stereocenters. The summed E-state index contributed by atoms with van der Waals surface area (Å²) < 4.78 is 10.3. The molecule has 21 heavy (non-hydrogen) atoms. The van der Waals surface area contributed by atoms with Crippen molar-refractivity contribution in [2.45, 2.75) is 13.0 Å². The van der Waals surface area contributed by atoms with Crippen molar-refractivity contribution < 1.29 is 24.2 Å². The maximum atomic E-state index is 12.2. The topological polar surface area (TPSA) is 88.1 Å². The van der Waals surface area contributed by atoms with E-state index in [0.717, 1.165) is 0 Å². The van der Waals surface area contributed by atoms with Gasteiger partial charge >= 0.3 is 0 Å². The molecule has 2 amide bonds. The summed E-state index contributed by atoms with van der Waals surface area (Å²) >= 11 is 0. The quantitative estimate of drug-likeness (QED) is 0.761. The van der Waals surface area contributed by atoms with Crippen LogP contribution in [0.15, 0.2) is 18.2 Å². The summed E-state index contributed by atoms with van der Waals surface area (Å²) in [7, 11) is 1.54. The summed E-state index contributed by atoms with van der Waals surface area (Å²) in [6.07, 6.45) is -0.703. The standard InChI is InChI=1S/C14H18N2O5/c1-9-14(19)16(8-13(18)15-5-6-20-2)11-4-3-10(17)7-12(11)21-9/h3-4,7,9,17H,5-6,8H2,1-2H3,(H,15,18). The lowest BCUT2D eigenvalue weighted by Crippen LogP contribution is -2.49. The lowest BCUT2D eigenvalue weighted by Gasteiger charge is -2.32. The van der Waals surface area contributed by atoms with Crippen molar-refractivity contribution in [2.24, 2.45) is 0 Å². The largest absolute Gasteiger partial charge is 0.508 e. The van der Waals surface area contributed by atoms with Gasteiger partial charge in [-0.3, -0.25) is 14.5 Å². The monoisotopic (exact) mass is 294 g/mol. The Balaban J connectivity index is 2.14. The Hall–Kier alpha value is -2.28. The molecule has 0 saturated heterocycles. The van der Waals surface area contributed by atoms with Gasteiger partial charge in [-0.25, -0.2) is 0 Å². The fourth-order valence-electron chi connectivity index (χ4n) is 2.05. The number of nitrogens with one attached hydrogen (secondary N) is 1. The first kappa shape index (κ1) is 15.1. The zero-order valence-electron chi connectivity index (χ0n) is 12.0. The van der Waals surface area contributed by atoms with E-state index < -0.39 is 6.10 Å². The van der Waals surface area contributed by atoms with Gasteiger partial charge in [0.1, 0.15) is 18.0 Å². The number of nitrogens with zero attached hydrogens (tertiary/aromatic N) is 1. The third kappa shape index (κ3) is 3.43. The van der Waals surface area contributed by atoms with E-state index in [1.165, 1.54) is 17.0 Å². The first-order chi connectivity index (χ1) is 10.0. The number of phenolic OH excluding ortho intramolecular Hbond substituents is 1. The van der Waals surface area contributed by atoms with Gasteiger partial charge < -0.3 is 19.9 Å². The number of anilines is 1. The molecule has 0 bridgehead atoms. The molecular formula is C14H18N2O5. The Labute approximate surface area is 122 Å². The molecular weight excluding hydrogens is 276 g/mol. The van der Waals surface area contributed by atoms with Crippen molar-refractivity contribution in [1.82, 2.24) is 5.32 Å². The number of hydrogen-bond donors (Lipinski definition) is 2. The Kier molecular flexibility index (Phi) is 4.64. The molecule has 0 spiro atoms. The lowest BCUT2D eigenvalue weighted by molar-refractivity contribution is -0.128. The molecule has 0 aromatic heterocycles. The fraction of sp³-hybridized carbons (Fsp3) is 0.429. The first-order valence-corrected chi connectivity index (χ1v) is 6.59. The predicted molar refractivity (Wildman–Crippen MR) is 75.4 cm³/mol. The third-order valence-corrected chi connectivity index (χ3v) is 3.08. The highest BCUT2D eigenvalue weighted by Gasteiger charge is 2.32. The fourth-order valence-corrected chi connectivity index (χ4v) is 2.05. The predicted octanol–water partition coefficient (Wildman–Crippen LogP) is 0.269. The number of rotatable bonds is 5. The number of benzene rings is 1. The second-order valence-electron chi connectivity index (χ2n) is 4.68. The van der Waals surface area contributed by atoms with Crippen molar-refractivity contribution in [3.63, 3.8) is 0 Å². The smallest absolute Gasteiger partial charge is 0.268 e.